The van der Waals surface area contributed by atoms with E-state index in [1.807, 2.05) is 6.07 Å². The van der Waals surface area contributed by atoms with E-state index in [4.69, 9.17) is 5.73 Å². The Labute approximate surface area is 114 Å². The highest BCUT2D eigenvalue weighted by molar-refractivity contribution is 5.99. The lowest BCUT2D eigenvalue weighted by molar-refractivity contribution is -0.115. The number of fused-ring (bicyclic) bond motifs is 1. The van der Waals surface area contributed by atoms with E-state index in [-0.39, 0.29) is 11.9 Å². The molecule has 0 spiro atoms. The van der Waals surface area contributed by atoms with Crippen molar-refractivity contribution in [1.29, 1.82) is 0 Å². The highest BCUT2D eigenvalue weighted by Crippen LogP contribution is 2.48. The molecule has 102 valence electrons. The van der Waals surface area contributed by atoms with Gasteiger partial charge in [0, 0.05) is 11.7 Å². The van der Waals surface area contributed by atoms with E-state index in [0.29, 0.717) is 17.8 Å². The van der Waals surface area contributed by atoms with Crippen molar-refractivity contribution in [3.8, 4) is 0 Å². The zero-order chi connectivity index (χ0) is 13.6. The number of benzene rings is 1. The summed E-state index contributed by atoms with van der Waals surface area (Å²) in [6.07, 6.45) is 4.24. The van der Waals surface area contributed by atoms with Crippen molar-refractivity contribution in [3.05, 3.63) is 29.3 Å². The Hall–Kier alpha value is -1.35. The fourth-order valence-corrected chi connectivity index (χ4v) is 3.71. The van der Waals surface area contributed by atoms with Gasteiger partial charge in [-0.25, -0.2) is 0 Å². The van der Waals surface area contributed by atoms with Crippen LogP contribution in [0.2, 0.25) is 0 Å². The summed E-state index contributed by atoms with van der Waals surface area (Å²) in [6.45, 7) is 4.64. The molecule has 0 aromatic heterocycles. The van der Waals surface area contributed by atoms with Gasteiger partial charge in [0.15, 0.2) is 0 Å². The summed E-state index contributed by atoms with van der Waals surface area (Å²) in [4.78, 5) is 11.4. The summed E-state index contributed by atoms with van der Waals surface area (Å²) in [5, 5.41) is 2.87. The Morgan fingerprint density at radius 2 is 2.21 bits per heavy atom. The zero-order valence-corrected chi connectivity index (χ0v) is 11.7. The van der Waals surface area contributed by atoms with Gasteiger partial charge >= 0.3 is 0 Å². The molecule has 1 aliphatic carbocycles. The maximum Gasteiger partial charge on any atom is 0.228 e. The predicted octanol–water partition coefficient (Wildman–Crippen LogP) is 3.01. The second-order valence-corrected chi connectivity index (χ2v) is 6.65. The third-order valence-electron chi connectivity index (χ3n) is 4.91. The van der Waals surface area contributed by atoms with E-state index in [2.05, 4.69) is 31.3 Å². The van der Waals surface area contributed by atoms with E-state index >= 15 is 0 Å². The molecule has 0 saturated heterocycles. The molecule has 2 unspecified atom stereocenters. The standard InChI is InChI=1S/C16H22N2O/c1-16(2)7-3-4-12(16)15(17)10-5-6-13-11(8-10)9-14(19)18-13/h5-6,8,12,15H,3-4,7,9,17H2,1-2H3,(H,18,19). The molecule has 1 amide bonds. The van der Waals surface area contributed by atoms with E-state index in [1.165, 1.54) is 24.8 Å². The Bertz CT molecular complexity index is 521. The average Bonchev–Trinajstić information content (AvgIpc) is 2.88. The van der Waals surface area contributed by atoms with Crippen molar-refractivity contribution < 1.29 is 4.79 Å². The Morgan fingerprint density at radius 1 is 1.42 bits per heavy atom. The van der Waals surface area contributed by atoms with Crippen LogP contribution >= 0.6 is 0 Å². The summed E-state index contributed by atoms with van der Waals surface area (Å²) in [6, 6.07) is 6.27. The molecular formula is C16H22N2O. The molecule has 1 aromatic rings. The molecule has 1 aromatic carbocycles. The number of hydrogen-bond acceptors (Lipinski definition) is 2. The first-order valence-corrected chi connectivity index (χ1v) is 7.16. The van der Waals surface area contributed by atoms with Gasteiger partial charge in [-0.2, -0.15) is 0 Å². The van der Waals surface area contributed by atoms with Crippen LogP contribution < -0.4 is 11.1 Å². The van der Waals surface area contributed by atoms with Gasteiger partial charge in [0.05, 0.1) is 6.42 Å². The van der Waals surface area contributed by atoms with Crippen LogP contribution in [0.3, 0.4) is 0 Å². The molecule has 1 heterocycles. The summed E-state index contributed by atoms with van der Waals surface area (Å²) in [5.74, 6) is 0.623. The van der Waals surface area contributed by atoms with Gasteiger partial charge in [-0.3, -0.25) is 4.79 Å². The first kappa shape index (κ1) is 12.7. The van der Waals surface area contributed by atoms with Gasteiger partial charge in [0.1, 0.15) is 0 Å². The summed E-state index contributed by atoms with van der Waals surface area (Å²) in [7, 11) is 0. The molecule has 1 fully saturated rings. The fraction of sp³-hybridized carbons (Fsp3) is 0.562. The average molecular weight is 258 g/mol. The number of rotatable bonds is 2. The smallest absolute Gasteiger partial charge is 0.228 e. The van der Waals surface area contributed by atoms with Gasteiger partial charge in [-0.15, -0.1) is 0 Å². The predicted molar refractivity (Wildman–Crippen MR) is 76.8 cm³/mol. The lowest BCUT2D eigenvalue weighted by atomic mass is 9.75. The molecule has 2 aliphatic rings. The first-order valence-electron chi connectivity index (χ1n) is 7.16. The normalized spacial score (nSPS) is 26.1. The molecule has 19 heavy (non-hydrogen) atoms. The number of carbonyl (C=O) groups is 1. The molecule has 3 N–H and O–H groups in total. The lowest BCUT2D eigenvalue weighted by Gasteiger charge is -2.32. The molecule has 3 heteroatoms. The molecule has 0 bridgehead atoms. The maximum atomic E-state index is 11.4. The molecule has 3 rings (SSSR count). The largest absolute Gasteiger partial charge is 0.326 e. The zero-order valence-electron chi connectivity index (χ0n) is 11.7. The van der Waals surface area contributed by atoms with Crippen LogP contribution in [-0.4, -0.2) is 5.91 Å². The highest BCUT2D eigenvalue weighted by Gasteiger charge is 2.38. The van der Waals surface area contributed by atoms with E-state index in [0.717, 1.165) is 11.3 Å². The topological polar surface area (TPSA) is 55.1 Å². The van der Waals surface area contributed by atoms with Crippen LogP contribution in [0.1, 0.15) is 50.3 Å². The minimum atomic E-state index is 0.0819. The third kappa shape index (κ3) is 2.16. The summed E-state index contributed by atoms with van der Waals surface area (Å²) < 4.78 is 0. The van der Waals surface area contributed by atoms with Crippen molar-refractivity contribution in [2.24, 2.45) is 17.1 Å². The van der Waals surface area contributed by atoms with Crippen LogP contribution in [0.5, 0.6) is 0 Å². The monoisotopic (exact) mass is 258 g/mol. The van der Waals surface area contributed by atoms with Crippen LogP contribution in [0, 0.1) is 11.3 Å². The molecule has 3 nitrogen and oxygen atoms in total. The lowest BCUT2D eigenvalue weighted by Crippen LogP contribution is -2.29. The molecule has 1 saturated carbocycles. The van der Waals surface area contributed by atoms with Crippen molar-refractivity contribution >= 4 is 11.6 Å². The molecule has 1 aliphatic heterocycles. The number of nitrogens with two attached hydrogens (primary N) is 1. The molecular weight excluding hydrogens is 236 g/mol. The Balaban J connectivity index is 1.87. The van der Waals surface area contributed by atoms with Crippen molar-refractivity contribution in [1.82, 2.24) is 0 Å². The molecule has 0 radical (unpaired) electrons. The summed E-state index contributed by atoms with van der Waals surface area (Å²) >= 11 is 0. The van der Waals surface area contributed by atoms with Gasteiger partial charge in [-0.1, -0.05) is 32.4 Å². The van der Waals surface area contributed by atoms with Crippen molar-refractivity contribution in [2.75, 3.05) is 5.32 Å². The number of anilines is 1. The molecule has 2 atom stereocenters. The second kappa shape index (κ2) is 4.34. The number of hydrogen-bond donors (Lipinski definition) is 2. The minimum Gasteiger partial charge on any atom is -0.326 e. The van der Waals surface area contributed by atoms with Crippen LogP contribution in [0.4, 0.5) is 5.69 Å². The van der Waals surface area contributed by atoms with Gasteiger partial charge in [0.2, 0.25) is 5.91 Å². The highest BCUT2D eigenvalue weighted by atomic mass is 16.1. The van der Waals surface area contributed by atoms with Crippen molar-refractivity contribution in [3.63, 3.8) is 0 Å². The number of amides is 1. The fourth-order valence-electron chi connectivity index (χ4n) is 3.71. The van der Waals surface area contributed by atoms with Crippen LogP contribution in [-0.2, 0) is 11.2 Å². The van der Waals surface area contributed by atoms with Crippen LogP contribution in [0.15, 0.2) is 18.2 Å². The minimum absolute atomic E-state index is 0.0819. The van der Waals surface area contributed by atoms with Gasteiger partial charge in [-0.05, 0) is 41.4 Å². The maximum absolute atomic E-state index is 11.4. The van der Waals surface area contributed by atoms with E-state index in [9.17, 15) is 4.79 Å². The number of nitrogens with one attached hydrogen (secondary N) is 1. The Morgan fingerprint density at radius 3 is 2.89 bits per heavy atom. The number of carbonyl (C=O) groups excluding carboxylic acids is 1. The quantitative estimate of drug-likeness (QED) is 0.856. The van der Waals surface area contributed by atoms with E-state index in [1.54, 1.807) is 0 Å². The van der Waals surface area contributed by atoms with Crippen molar-refractivity contribution in [2.45, 2.75) is 45.6 Å². The summed E-state index contributed by atoms with van der Waals surface area (Å²) in [5.41, 5.74) is 10.0. The van der Waals surface area contributed by atoms with E-state index < -0.39 is 0 Å². The third-order valence-corrected chi connectivity index (χ3v) is 4.91. The van der Waals surface area contributed by atoms with Crippen LogP contribution in [0.25, 0.3) is 0 Å². The first-order chi connectivity index (χ1) is 8.97. The SMILES string of the molecule is CC1(C)CCCC1C(N)c1ccc2c(c1)CC(=O)N2. The van der Waals surface area contributed by atoms with Gasteiger partial charge in [0.25, 0.3) is 0 Å². The van der Waals surface area contributed by atoms with Gasteiger partial charge < -0.3 is 11.1 Å². The Kier molecular flexibility index (Phi) is 2.90. The second-order valence-electron chi connectivity index (χ2n) is 6.65.